The van der Waals surface area contributed by atoms with Crippen molar-refractivity contribution < 1.29 is 9.59 Å². The number of nitrogens with zero attached hydrogens (tertiary/aromatic N) is 1. The molecular formula is C18H19NO2S. The van der Waals surface area contributed by atoms with E-state index < -0.39 is 0 Å². The van der Waals surface area contributed by atoms with Gasteiger partial charge in [-0.1, -0.05) is 30.3 Å². The summed E-state index contributed by atoms with van der Waals surface area (Å²) in [6.45, 7) is 4.35. The molecule has 0 fully saturated rings. The van der Waals surface area contributed by atoms with E-state index in [1.54, 1.807) is 0 Å². The normalized spacial score (nSPS) is 13.8. The highest BCUT2D eigenvalue weighted by molar-refractivity contribution is 7.12. The summed E-state index contributed by atoms with van der Waals surface area (Å²) in [5, 5.41) is 0. The Hall–Kier alpha value is -1.94. The van der Waals surface area contributed by atoms with Gasteiger partial charge in [-0.15, -0.1) is 11.3 Å². The molecule has 0 N–H and O–H groups in total. The fraction of sp³-hybridized carbons (Fsp3) is 0.333. The third kappa shape index (κ3) is 2.59. The maximum absolute atomic E-state index is 12.4. The molecule has 1 aromatic carbocycles. The molecule has 0 spiro atoms. The number of rotatable bonds is 5. The number of thiophene rings is 1. The minimum absolute atomic E-state index is 0.110. The van der Waals surface area contributed by atoms with Crippen LogP contribution in [0, 0.1) is 13.8 Å². The van der Waals surface area contributed by atoms with Gasteiger partial charge < -0.3 is 0 Å². The molecule has 0 unspecified atom stereocenters. The van der Waals surface area contributed by atoms with E-state index in [-0.39, 0.29) is 11.8 Å². The summed E-state index contributed by atoms with van der Waals surface area (Å²) in [7, 11) is 0. The maximum atomic E-state index is 12.4. The van der Waals surface area contributed by atoms with Crippen LogP contribution in [0.1, 0.15) is 48.9 Å². The van der Waals surface area contributed by atoms with E-state index in [1.165, 1.54) is 21.8 Å². The van der Waals surface area contributed by atoms with Gasteiger partial charge in [0.2, 0.25) is 0 Å². The number of carbonyl (C=O) groups excluding carboxylic acids is 2. The van der Waals surface area contributed by atoms with E-state index in [9.17, 15) is 9.59 Å². The lowest BCUT2D eigenvalue weighted by Gasteiger charge is -2.14. The van der Waals surface area contributed by atoms with Crippen molar-refractivity contribution in [2.75, 3.05) is 6.54 Å². The van der Waals surface area contributed by atoms with E-state index >= 15 is 0 Å². The largest absolute Gasteiger partial charge is 0.274 e. The van der Waals surface area contributed by atoms with Crippen LogP contribution in [0.4, 0.5) is 0 Å². The molecule has 4 heteroatoms. The molecule has 2 amide bonds. The molecule has 0 saturated heterocycles. The average molecular weight is 313 g/mol. The van der Waals surface area contributed by atoms with E-state index in [2.05, 4.69) is 12.1 Å². The highest BCUT2D eigenvalue weighted by atomic mass is 32.1. The van der Waals surface area contributed by atoms with E-state index in [1.807, 2.05) is 32.0 Å². The van der Waals surface area contributed by atoms with Gasteiger partial charge in [-0.2, -0.15) is 0 Å². The zero-order valence-electron chi connectivity index (χ0n) is 12.9. The van der Waals surface area contributed by atoms with Crippen molar-refractivity contribution >= 4 is 23.2 Å². The number of hydrogen-bond donors (Lipinski definition) is 0. The smallest absolute Gasteiger partial charge is 0.262 e. The predicted molar refractivity (Wildman–Crippen MR) is 88.5 cm³/mol. The van der Waals surface area contributed by atoms with E-state index in [4.69, 9.17) is 0 Å². The fourth-order valence-electron chi connectivity index (χ4n) is 3.01. The number of unbranched alkanes of at least 4 members (excludes halogenated alkanes) is 1. The second-order valence-corrected chi connectivity index (χ2v) is 7.10. The SMILES string of the molecule is Cc1sc(C)c2c1C(=O)N(CCCCc1ccccc1)C2=O. The molecule has 0 radical (unpaired) electrons. The Balaban J connectivity index is 1.59. The van der Waals surface area contributed by atoms with Crippen molar-refractivity contribution in [3.63, 3.8) is 0 Å². The summed E-state index contributed by atoms with van der Waals surface area (Å²) < 4.78 is 0. The summed E-state index contributed by atoms with van der Waals surface area (Å²) >= 11 is 1.54. The van der Waals surface area contributed by atoms with Crippen molar-refractivity contribution in [2.24, 2.45) is 0 Å². The molecule has 3 nitrogen and oxygen atoms in total. The fourth-order valence-corrected chi connectivity index (χ4v) is 4.05. The van der Waals surface area contributed by atoms with Crippen molar-refractivity contribution in [3.8, 4) is 0 Å². The van der Waals surface area contributed by atoms with Crippen molar-refractivity contribution in [1.82, 2.24) is 4.90 Å². The first kappa shape index (κ1) is 15.0. The van der Waals surface area contributed by atoms with Gasteiger partial charge in [0.25, 0.3) is 11.8 Å². The molecule has 22 heavy (non-hydrogen) atoms. The van der Waals surface area contributed by atoms with Crippen molar-refractivity contribution in [1.29, 1.82) is 0 Å². The lowest BCUT2D eigenvalue weighted by molar-refractivity contribution is 0.0651. The molecule has 1 aromatic heterocycles. The third-order valence-corrected chi connectivity index (χ3v) is 5.14. The predicted octanol–water partition coefficient (Wildman–Crippen LogP) is 3.98. The molecule has 1 aliphatic heterocycles. The first-order valence-corrected chi connectivity index (χ1v) is 8.41. The van der Waals surface area contributed by atoms with Crippen LogP contribution >= 0.6 is 11.3 Å². The molecule has 1 aliphatic rings. The number of carbonyl (C=O) groups is 2. The summed E-state index contributed by atoms with van der Waals surface area (Å²) in [6.07, 6.45) is 2.81. The molecule has 0 aliphatic carbocycles. The Labute approximate surface area is 134 Å². The first-order chi connectivity index (χ1) is 10.6. The molecular weight excluding hydrogens is 294 g/mol. The summed E-state index contributed by atoms with van der Waals surface area (Å²) in [5.41, 5.74) is 2.57. The summed E-state index contributed by atoms with van der Waals surface area (Å²) in [4.78, 5) is 28.2. The highest BCUT2D eigenvalue weighted by Gasteiger charge is 2.39. The first-order valence-electron chi connectivity index (χ1n) is 7.59. The Morgan fingerprint density at radius 3 is 2.09 bits per heavy atom. The number of benzene rings is 1. The zero-order chi connectivity index (χ0) is 15.7. The van der Waals surface area contributed by atoms with Gasteiger partial charge in [-0.05, 0) is 38.7 Å². The van der Waals surface area contributed by atoms with Crippen LogP contribution in [0.2, 0.25) is 0 Å². The number of aryl methyl sites for hydroxylation is 3. The van der Waals surface area contributed by atoms with Crippen LogP contribution < -0.4 is 0 Å². The lowest BCUT2D eigenvalue weighted by atomic mass is 10.1. The minimum Gasteiger partial charge on any atom is -0.274 e. The van der Waals surface area contributed by atoms with Crippen LogP contribution in [0.5, 0.6) is 0 Å². The lowest BCUT2D eigenvalue weighted by Crippen LogP contribution is -2.31. The van der Waals surface area contributed by atoms with Gasteiger partial charge >= 0.3 is 0 Å². The van der Waals surface area contributed by atoms with Crippen LogP contribution in [0.15, 0.2) is 30.3 Å². The van der Waals surface area contributed by atoms with Crippen LogP contribution in [-0.4, -0.2) is 23.3 Å². The van der Waals surface area contributed by atoms with Crippen LogP contribution in [0.3, 0.4) is 0 Å². The van der Waals surface area contributed by atoms with Gasteiger partial charge in [0, 0.05) is 16.3 Å². The molecule has 0 atom stereocenters. The second-order valence-electron chi connectivity index (χ2n) is 5.67. The number of imide groups is 1. The standard InChI is InChI=1S/C18H19NO2S/c1-12-15-16(13(2)22-12)18(21)19(17(15)20)11-7-6-10-14-8-4-3-5-9-14/h3-5,8-9H,6-7,10-11H2,1-2H3. The van der Waals surface area contributed by atoms with Crippen LogP contribution in [0.25, 0.3) is 0 Å². The summed E-state index contributed by atoms with van der Waals surface area (Å²) in [6, 6.07) is 10.3. The topological polar surface area (TPSA) is 37.4 Å². The van der Waals surface area contributed by atoms with Gasteiger partial charge in [0.15, 0.2) is 0 Å². The quantitative estimate of drug-likeness (QED) is 0.618. The number of fused-ring (bicyclic) bond motifs is 1. The second kappa shape index (κ2) is 6.05. The number of amides is 2. The molecule has 0 saturated carbocycles. The van der Waals surface area contributed by atoms with Crippen molar-refractivity contribution in [3.05, 3.63) is 56.8 Å². The Morgan fingerprint density at radius 2 is 1.50 bits per heavy atom. The molecule has 2 heterocycles. The van der Waals surface area contributed by atoms with Crippen molar-refractivity contribution in [2.45, 2.75) is 33.1 Å². The van der Waals surface area contributed by atoms with E-state index in [0.717, 1.165) is 29.0 Å². The van der Waals surface area contributed by atoms with Crippen LogP contribution in [-0.2, 0) is 6.42 Å². The summed E-state index contributed by atoms with van der Waals surface area (Å²) in [5.74, 6) is -0.219. The zero-order valence-corrected chi connectivity index (χ0v) is 13.7. The molecule has 114 valence electrons. The maximum Gasteiger partial charge on any atom is 0.262 e. The molecule has 3 rings (SSSR count). The van der Waals surface area contributed by atoms with Gasteiger partial charge in [0.1, 0.15) is 0 Å². The van der Waals surface area contributed by atoms with Gasteiger partial charge in [0.05, 0.1) is 11.1 Å². The monoisotopic (exact) mass is 313 g/mol. The van der Waals surface area contributed by atoms with Gasteiger partial charge in [-0.3, -0.25) is 14.5 Å². The Morgan fingerprint density at radius 1 is 0.909 bits per heavy atom. The number of hydrogen-bond acceptors (Lipinski definition) is 3. The molecule has 0 bridgehead atoms. The Bertz CT molecular complexity index is 682. The molecule has 2 aromatic rings. The minimum atomic E-state index is -0.110. The average Bonchev–Trinajstić information content (AvgIpc) is 2.94. The third-order valence-electron chi connectivity index (χ3n) is 4.12. The van der Waals surface area contributed by atoms with Gasteiger partial charge in [-0.25, -0.2) is 0 Å². The Kier molecular flexibility index (Phi) is 4.12. The highest BCUT2D eigenvalue weighted by Crippen LogP contribution is 2.34. The van der Waals surface area contributed by atoms with E-state index in [0.29, 0.717) is 17.7 Å².